The largest absolute Gasteiger partial charge is 0.507 e. The van der Waals surface area contributed by atoms with E-state index in [0.717, 1.165) is 11.1 Å². The van der Waals surface area contributed by atoms with Gasteiger partial charge in [0.25, 0.3) is 0 Å². The summed E-state index contributed by atoms with van der Waals surface area (Å²) in [5.74, 6) is -1.61. The van der Waals surface area contributed by atoms with Gasteiger partial charge >= 0.3 is 12.1 Å². The van der Waals surface area contributed by atoms with Crippen LogP contribution in [0.25, 0.3) is 0 Å². The Hall–Kier alpha value is -1.77. The van der Waals surface area contributed by atoms with Gasteiger partial charge in [-0.25, -0.2) is 4.79 Å². The van der Waals surface area contributed by atoms with Crippen molar-refractivity contribution in [1.29, 1.82) is 0 Å². The van der Waals surface area contributed by atoms with Gasteiger partial charge in [-0.2, -0.15) is 13.2 Å². The fourth-order valence-corrected chi connectivity index (χ4v) is 4.54. The van der Waals surface area contributed by atoms with Crippen LogP contribution in [0.4, 0.5) is 13.2 Å². The zero-order chi connectivity index (χ0) is 20.5. The number of aromatic hydroxyl groups is 1. The van der Waals surface area contributed by atoms with Gasteiger partial charge in [0.05, 0.1) is 22.2 Å². The molecule has 3 rings (SSSR count). The van der Waals surface area contributed by atoms with Gasteiger partial charge in [-0.05, 0) is 83.7 Å². The summed E-state index contributed by atoms with van der Waals surface area (Å²) in [6.07, 6.45) is -3.42. The van der Waals surface area contributed by atoms with Gasteiger partial charge in [0.15, 0.2) is 0 Å². The molecule has 0 saturated heterocycles. The lowest BCUT2D eigenvalue weighted by atomic mass is 9.63. The lowest BCUT2D eigenvalue weighted by Crippen LogP contribution is -2.37. The van der Waals surface area contributed by atoms with Gasteiger partial charge in [0.1, 0.15) is 5.75 Å². The molecule has 0 amide bonds. The molecule has 0 aliphatic heterocycles. The fourth-order valence-electron chi connectivity index (χ4n) is 4.03. The second-order valence-electron chi connectivity index (χ2n) is 7.13. The number of ether oxygens (including phenoxy) is 1. The Labute approximate surface area is 175 Å². The number of carbonyl (C=O) groups excluding carboxylic acids is 1. The summed E-state index contributed by atoms with van der Waals surface area (Å²) in [6, 6.07) is 12.1. The molecule has 1 aliphatic carbocycles. The zero-order valence-corrected chi connectivity index (χ0v) is 17.4. The highest BCUT2D eigenvalue weighted by Gasteiger charge is 2.47. The first-order valence-electron chi connectivity index (χ1n) is 8.92. The molecule has 2 aromatic rings. The molecule has 0 bridgehead atoms. The van der Waals surface area contributed by atoms with E-state index < -0.39 is 23.5 Å². The van der Waals surface area contributed by atoms with Crippen molar-refractivity contribution >= 4 is 28.6 Å². The highest BCUT2D eigenvalue weighted by atomic mass is 127. The molecular formula is C21H20F3IO3. The third-order valence-electron chi connectivity index (χ3n) is 5.66. The van der Waals surface area contributed by atoms with Crippen LogP contribution in [-0.4, -0.2) is 24.4 Å². The number of benzene rings is 2. The highest BCUT2D eigenvalue weighted by Crippen LogP contribution is 2.50. The molecular weight excluding hydrogens is 484 g/mol. The van der Waals surface area contributed by atoms with Crippen LogP contribution in [0, 0.1) is 9.49 Å². The van der Waals surface area contributed by atoms with E-state index in [-0.39, 0.29) is 18.6 Å². The van der Waals surface area contributed by atoms with Crippen molar-refractivity contribution in [2.45, 2.75) is 37.3 Å². The summed E-state index contributed by atoms with van der Waals surface area (Å²) in [5.41, 5.74) is 1.54. The summed E-state index contributed by atoms with van der Waals surface area (Å²) >= 11 is 2.02. The van der Waals surface area contributed by atoms with Crippen LogP contribution >= 0.6 is 22.6 Å². The third kappa shape index (κ3) is 3.99. The second kappa shape index (κ2) is 7.93. The maximum absolute atomic E-state index is 13.2. The van der Waals surface area contributed by atoms with Crippen molar-refractivity contribution in [3.05, 3.63) is 62.7 Å². The molecule has 0 heterocycles. The molecule has 2 aromatic carbocycles. The molecule has 1 fully saturated rings. The van der Waals surface area contributed by atoms with Gasteiger partial charge in [0.2, 0.25) is 0 Å². The summed E-state index contributed by atoms with van der Waals surface area (Å²) in [6.45, 7) is 0. The van der Waals surface area contributed by atoms with Crippen molar-refractivity contribution in [2.24, 2.45) is 5.92 Å². The number of alkyl halides is 3. The first kappa shape index (κ1) is 21.0. The molecule has 0 unspecified atom stereocenters. The molecule has 3 nitrogen and oxygen atoms in total. The summed E-state index contributed by atoms with van der Waals surface area (Å²) in [7, 11) is 1.30. The maximum Gasteiger partial charge on any atom is 0.391 e. The minimum absolute atomic E-state index is 0.0414. The van der Waals surface area contributed by atoms with E-state index in [0.29, 0.717) is 22.0 Å². The average Bonchev–Trinajstić information content (AvgIpc) is 2.69. The lowest BCUT2D eigenvalue weighted by molar-refractivity contribution is -0.184. The van der Waals surface area contributed by atoms with Gasteiger partial charge in [-0.15, -0.1) is 0 Å². The first-order valence-corrected chi connectivity index (χ1v) is 10.00. The Kier molecular flexibility index (Phi) is 5.93. The quantitative estimate of drug-likeness (QED) is 0.423. The van der Waals surface area contributed by atoms with Gasteiger partial charge < -0.3 is 9.84 Å². The van der Waals surface area contributed by atoms with Crippen molar-refractivity contribution in [3.8, 4) is 5.75 Å². The molecule has 1 N–H and O–H groups in total. The maximum atomic E-state index is 13.2. The van der Waals surface area contributed by atoms with Crippen LogP contribution < -0.4 is 0 Å². The van der Waals surface area contributed by atoms with E-state index in [1.54, 1.807) is 36.4 Å². The number of hydrogen-bond donors (Lipinski definition) is 1. The number of halogens is 4. The van der Waals surface area contributed by atoms with E-state index in [2.05, 4.69) is 0 Å². The molecule has 7 heteroatoms. The Morgan fingerprint density at radius 2 is 1.68 bits per heavy atom. The molecule has 0 spiro atoms. The standard InChI is InChI=1S/C21H20F3IO3/c1-28-19(27)13-2-4-14(5-3-13)20(16-6-7-18(26)17(25)12-16)10-8-15(9-11-20)21(22,23)24/h2-7,12,15,26H,8-11H2,1H3. The van der Waals surface area contributed by atoms with Gasteiger partial charge in [-0.3, -0.25) is 0 Å². The summed E-state index contributed by atoms with van der Waals surface area (Å²) < 4.78 is 45.0. The van der Waals surface area contributed by atoms with Crippen LogP contribution in [0.15, 0.2) is 42.5 Å². The predicted molar refractivity (Wildman–Crippen MR) is 107 cm³/mol. The SMILES string of the molecule is COC(=O)c1ccc(C2(c3ccc(O)c(I)c3)CCC(C(F)(F)F)CC2)cc1. The third-order valence-corrected chi connectivity index (χ3v) is 6.52. The van der Waals surface area contributed by atoms with Crippen LogP contribution in [0.5, 0.6) is 5.75 Å². The number of phenolic OH excluding ortho intramolecular Hbond substituents is 1. The van der Waals surface area contributed by atoms with E-state index in [4.69, 9.17) is 4.74 Å². The molecule has 0 radical (unpaired) electrons. The Balaban J connectivity index is 2.03. The zero-order valence-electron chi connectivity index (χ0n) is 15.2. The Bertz CT molecular complexity index is 854. The lowest BCUT2D eigenvalue weighted by Gasteiger charge is -2.42. The molecule has 150 valence electrons. The molecule has 0 atom stereocenters. The van der Waals surface area contributed by atoms with E-state index in [1.807, 2.05) is 28.7 Å². The fraction of sp³-hybridized carbons (Fsp3) is 0.381. The van der Waals surface area contributed by atoms with Crippen LogP contribution in [0.1, 0.15) is 47.2 Å². The number of hydrogen-bond acceptors (Lipinski definition) is 3. The van der Waals surface area contributed by atoms with E-state index >= 15 is 0 Å². The van der Waals surface area contributed by atoms with Gasteiger partial charge in [0, 0.05) is 5.41 Å². The second-order valence-corrected chi connectivity index (χ2v) is 8.30. The van der Waals surface area contributed by atoms with Crippen molar-refractivity contribution in [1.82, 2.24) is 0 Å². The molecule has 0 aromatic heterocycles. The molecule has 1 saturated carbocycles. The van der Waals surface area contributed by atoms with Crippen LogP contribution in [-0.2, 0) is 10.2 Å². The Morgan fingerprint density at radius 1 is 1.11 bits per heavy atom. The predicted octanol–water partition coefficient (Wildman–Crippen LogP) is 5.82. The minimum Gasteiger partial charge on any atom is -0.507 e. The summed E-state index contributed by atoms with van der Waals surface area (Å²) in [5, 5.41) is 9.86. The van der Waals surface area contributed by atoms with Crippen LogP contribution in [0.2, 0.25) is 0 Å². The highest BCUT2D eigenvalue weighted by molar-refractivity contribution is 14.1. The number of methoxy groups -OCH3 is 1. The molecule has 1 aliphatic rings. The minimum atomic E-state index is -4.19. The average molecular weight is 504 g/mol. The van der Waals surface area contributed by atoms with Gasteiger partial charge in [-0.1, -0.05) is 18.2 Å². The normalized spacial score (nSPS) is 22.7. The number of esters is 1. The van der Waals surface area contributed by atoms with E-state index in [9.17, 15) is 23.1 Å². The van der Waals surface area contributed by atoms with Crippen molar-refractivity contribution in [3.63, 3.8) is 0 Å². The Morgan fingerprint density at radius 3 is 2.18 bits per heavy atom. The number of rotatable bonds is 3. The molecule has 28 heavy (non-hydrogen) atoms. The monoisotopic (exact) mass is 504 g/mol. The van der Waals surface area contributed by atoms with Crippen molar-refractivity contribution in [2.75, 3.05) is 7.11 Å². The van der Waals surface area contributed by atoms with Crippen molar-refractivity contribution < 1.29 is 27.8 Å². The smallest absolute Gasteiger partial charge is 0.391 e. The topological polar surface area (TPSA) is 46.5 Å². The summed E-state index contributed by atoms with van der Waals surface area (Å²) in [4.78, 5) is 11.7. The van der Waals surface area contributed by atoms with Crippen LogP contribution in [0.3, 0.4) is 0 Å². The first-order chi connectivity index (χ1) is 13.2. The number of carbonyl (C=O) groups is 1. The number of phenols is 1. The van der Waals surface area contributed by atoms with E-state index in [1.165, 1.54) is 7.11 Å².